The van der Waals surface area contributed by atoms with Crippen LogP contribution in [0, 0.1) is 16.2 Å². The number of furan rings is 1. The van der Waals surface area contributed by atoms with E-state index >= 15 is 0 Å². The van der Waals surface area contributed by atoms with Crippen molar-refractivity contribution in [1.82, 2.24) is 43.6 Å². The standard InChI is InChI=1S/2C48H42N4.C39H35NO/c1-46(2)39-29-38-37-28-35(45-50-43(32-19-12-8-13-20-32)49-44(51-45)33-21-14-9-15-22-33)25-26-41(37)52(42(38)30-40(39)47(3,4)48(46,5)6)36-24-16-23-34(27-36)31-17-10-7-11-18-31;1-46(2)39-29-38-37-28-35(45-50-43(33-18-12-8-13-19-33)49-44(51-45)34-20-14-9-15-21-34)24-27-41(37)52(42(38)30-40(39)47(3,4)48(46,5)6)36-25-22-32(23-26-36)31-16-10-7-11-17-31;1-37(2)30-22-29-28-21-24(26-16-12-18-35-36(26)27-15-10-11-17-34(27)41-35)19-20-32(28)40(25-13-8-7-9-14-25)33(29)23-31(30)38(3,4)39(37,5)6/h2*7-30H,1-6H3;7-23H,1-6H3. The van der Waals surface area contributed by atoms with Crippen molar-refractivity contribution in [3.8, 4) is 119 Å². The first kappa shape index (κ1) is 91.4. The molecule has 145 heavy (non-hydrogen) atoms. The number of rotatable bonds is 12. The molecule has 0 amide bonds. The van der Waals surface area contributed by atoms with Crippen molar-refractivity contribution < 1.29 is 4.42 Å². The second kappa shape index (κ2) is 33.5. The van der Waals surface area contributed by atoms with E-state index in [0.717, 1.165) is 72.3 Å². The highest BCUT2D eigenvalue weighted by atomic mass is 16.3. The van der Waals surface area contributed by atoms with E-state index in [1.807, 2.05) is 78.9 Å². The number of hydrogen-bond donors (Lipinski definition) is 0. The summed E-state index contributed by atoms with van der Waals surface area (Å²) in [6.45, 7) is 43.7. The van der Waals surface area contributed by atoms with E-state index in [-0.39, 0.29) is 48.7 Å². The van der Waals surface area contributed by atoms with Gasteiger partial charge in [0.25, 0.3) is 0 Å². The van der Waals surface area contributed by atoms with Crippen molar-refractivity contribution in [2.75, 3.05) is 0 Å². The Bertz CT molecular complexity index is 8970. The van der Waals surface area contributed by atoms with Crippen LogP contribution in [0.15, 0.2) is 399 Å². The van der Waals surface area contributed by atoms with Gasteiger partial charge in [-0.1, -0.05) is 385 Å². The van der Waals surface area contributed by atoms with Crippen LogP contribution in [0.25, 0.3) is 206 Å². The van der Waals surface area contributed by atoms with Gasteiger partial charge in [-0.3, -0.25) is 0 Å². The minimum atomic E-state index is -0.0251. The van der Waals surface area contributed by atoms with E-state index in [0.29, 0.717) is 34.9 Å². The highest BCUT2D eigenvalue weighted by molar-refractivity contribution is 6.17. The fourth-order valence-corrected chi connectivity index (χ4v) is 24.3. The molecule has 0 saturated carbocycles. The van der Waals surface area contributed by atoms with Crippen LogP contribution >= 0.6 is 0 Å². The van der Waals surface area contributed by atoms with Crippen molar-refractivity contribution >= 4 is 87.4 Å². The van der Waals surface area contributed by atoms with Gasteiger partial charge in [0.05, 0.1) is 33.1 Å². The third-order valence-corrected chi connectivity index (χ3v) is 36.2. The molecule has 17 aromatic carbocycles. The van der Waals surface area contributed by atoms with Crippen LogP contribution in [-0.4, -0.2) is 43.6 Å². The molecular weight excluding hydrogens is 1760 g/mol. The van der Waals surface area contributed by atoms with E-state index in [9.17, 15) is 0 Å². The lowest BCUT2D eigenvalue weighted by Crippen LogP contribution is -2.42. The van der Waals surface area contributed by atoms with E-state index in [1.165, 1.54) is 132 Å². The minimum Gasteiger partial charge on any atom is -0.456 e. The molecular formula is C135H119N9O. The molecule has 0 bridgehead atoms. The number of hydrogen-bond acceptors (Lipinski definition) is 7. The number of nitrogens with zero attached hydrogens (tertiary/aromatic N) is 9. The summed E-state index contributed by atoms with van der Waals surface area (Å²) < 4.78 is 13.6. The van der Waals surface area contributed by atoms with Crippen molar-refractivity contribution in [3.05, 3.63) is 428 Å². The van der Waals surface area contributed by atoms with Crippen LogP contribution in [0.2, 0.25) is 0 Å². The Hall–Kier alpha value is -16.0. The molecule has 3 aliphatic carbocycles. The molecule has 0 N–H and O–H groups in total. The Balaban J connectivity index is 0.000000118. The molecule has 10 nitrogen and oxygen atoms in total. The summed E-state index contributed by atoms with van der Waals surface area (Å²) in [4.78, 5) is 30.2. The van der Waals surface area contributed by atoms with Crippen molar-refractivity contribution in [1.29, 1.82) is 0 Å². The number of fused-ring (bicyclic) bond motifs is 15. The van der Waals surface area contributed by atoms with Gasteiger partial charge in [-0.2, -0.15) is 0 Å². The number of aromatic nitrogens is 9. The molecule has 0 spiro atoms. The summed E-state index contributed by atoms with van der Waals surface area (Å²) in [5.41, 5.74) is 34.4. The van der Waals surface area contributed by atoms with Crippen LogP contribution < -0.4 is 0 Å². The monoisotopic (exact) mass is 1880 g/mol. The van der Waals surface area contributed by atoms with E-state index < -0.39 is 0 Å². The van der Waals surface area contributed by atoms with E-state index in [2.05, 4.69) is 454 Å². The van der Waals surface area contributed by atoms with Gasteiger partial charge < -0.3 is 18.1 Å². The lowest BCUT2D eigenvalue weighted by molar-refractivity contribution is 0.125. The molecule has 0 unspecified atom stereocenters. The van der Waals surface area contributed by atoms with Gasteiger partial charge >= 0.3 is 0 Å². The van der Waals surface area contributed by atoms with Crippen LogP contribution in [0.1, 0.15) is 158 Å². The molecule has 0 atom stereocenters. The molecule has 10 heteroatoms. The fourth-order valence-electron chi connectivity index (χ4n) is 24.3. The van der Waals surface area contributed by atoms with Gasteiger partial charge in [0.15, 0.2) is 34.9 Å². The first-order valence-electron chi connectivity index (χ1n) is 51.1. The topological polar surface area (TPSA) is 105 Å². The Morgan fingerprint density at radius 3 is 0.807 bits per heavy atom. The molecule has 3 aliphatic rings. The second-order valence-corrected chi connectivity index (χ2v) is 45.1. The third-order valence-electron chi connectivity index (χ3n) is 36.2. The molecule has 0 fully saturated rings. The Morgan fingerprint density at radius 1 is 0.172 bits per heavy atom. The van der Waals surface area contributed by atoms with Crippen LogP contribution in [-0.2, 0) is 32.5 Å². The van der Waals surface area contributed by atoms with Gasteiger partial charge in [0.2, 0.25) is 0 Å². The molecule has 6 aromatic heterocycles. The molecule has 0 aliphatic heterocycles. The predicted molar refractivity (Wildman–Crippen MR) is 605 cm³/mol. The summed E-state index contributed by atoms with van der Waals surface area (Å²) in [7, 11) is 0. The lowest BCUT2D eigenvalue weighted by atomic mass is 9.59. The van der Waals surface area contributed by atoms with Crippen molar-refractivity contribution in [2.45, 2.75) is 157 Å². The second-order valence-electron chi connectivity index (χ2n) is 45.1. The number of benzene rings is 17. The maximum atomic E-state index is 6.24. The van der Waals surface area contributed by atoms with Crippen LogP contribution in [0.4, 0.5) is 0 Å². The van der Waals surface area contributed by atoms with Crippen molar-refractivity contribution in [2.24, 2.45) is 16.2 Å². The SMILES string of the molecule is CC1(C)c2cc3c4cc(-c5cccc6oc7ccccc7c56)ccc4n(-c4ccccc4)c3cc2C(C)(C)C1(C)C.CC1(C)c2cc3c4cc(-c5nc(-c6ccccc6)nc(-c6ccccc6)n5)ccc4n(-c4ccc(-c5ccccc5)cc4)c3cc2C(C)(C)C1(C)C.CC1(C)c2cc3c4cc(-c5nc(-c6ccccc6)nc(-c6ccccc6)n5)ccc4n(-c4cccc(-c5ccccc5)c4)c3cc2C(C)(C)C1(C)C. The zero-order chi connectivity index (χ0) is 100.0. The highest BCUT2D eigenvalue weighted by Gasteiger charge is 2.60. The van der Waals surface area contributed by atoms with Gasteiger partial charge in [0, 0.05) is 93.5 Å². The fraction of sp³-hybridized carbons (Fsp3) is 0.200. The highest BCUT2D eigenvalue weighted by Crippen LogP contribution is 2.66. The maximum Gasteiger partial charge on any atom is 0.164 e. The quantitative estimate of drug-likeness (QED) is 0.120. The Kier molecular flexibility index (Phi) is 21.2. The maximum absolute atomic E-state index is 6.24. The number of para-hydroxylation sites is 2. The first-order chi connectivity index (χ1) is 69.7. The summed E-state index contributed by atoms with van der Waals surface area (Å²) in [6.07, 6.45) is 0. The summed E-state index contributed by atoms with van der Waals surface area (Å²) in [5.74, 6) is 3.96. The van der Waals surface area contributed by atoms with Gasteiger partial charge in [-0.25, -0.2) is 29.9 Å². The molecule has 0 saturated heterocycles. The normalized spacial score (nSPS) is 16.0. The predicted octanol–water partition coefficient (Wildman–Crippen LogP) is 35.4. The largest absolute Gasteiger partial charge is 0.456 e. The molecule has 710 valence electrons. The van der Waals surface area contributed by atoms with Gasteiger partial charge in [-0.05, 0) is 249 Å². The van der Waals surface area contributed by atoms with Gasteiger partial charge in [0.1, 0.15) is 11.2 Å². The summed E-state index contributed by atoms with van der Waals surface area (Å²) in [6, 6.07) is 141. The summed E-state index contributed by atoms with van der Waals surface area (Å²) in [5, 5.41) is 9.79. The van der Waals surface area contributed by atoms with Crippen LogP contribution in [0.3, 0.4) is 0 Å². The summed E-state index contributed by atoms with van der Waals surface area (Å²) >= 11 is 0. The van der Waals surface area contributed by atoms with Crippen LogP contribution in [0.5, 0.6) is 0 Å². The Morgan fingerprint density at radius 2 is 0.428 bits per heavy atom. The first-order valence-corrected chi connectivity index (χ1v) is 51.1. The molecule has 6 heterocycles. The molecule has 23 aromatic rings. The Labute approximate surface area is 849 Å². The third kappa shape index (κ3) is 14.2. The average Bonchev–Trinajstić information content (AvgIpc) is 1.53. The van der Waals surface area contributed by atoms with Crippen molar-refractivity contribution in [3.63, 3.8) is 0 Å². The zero-order valence-electron chi connectivity index (χ0n) is 86.0. The minimum absolute atomic E-state index is 0.0177. The average molecular weight is 1880 g/mol. The molecule has 0 radical (unpaired) electrons. The zero-order valence-corrected chi connectivity index (χ0v) is 86.0. The van der Waals surface area contributed by atoms with E-state index in [1.54, 1.807) is 0 Å². The molecule has 26 rings (SSSR count). The lowest BCUT2D eigenvalue weighted by Gasteiger charge is -2.44. The smallest absolute Gasteiger partial charge is 0.164 e. The van der Waals surface area contributed by atoms with E-state index in [4.69, 9.17) is 34.3 Å². The van der Waals surface area contributed by atoms with Gasteiger partial charge in [-0.15, -0.1) is 0 Å².